The number of hydrogen-bond donors (Lipinski definition) is 1. The molecule has 0 bridgehead atoms. The van der Waals surface area contributed by atoms with E-state index in [1.807, 2.05) is 0 Å². The molecule has 0 aliphatic heterocycles. The lowest BCUT2D eigenvalue weighted by Gasteiger charge is -2.35. The molecule has 19 heavy (non-hydrogen) atoms. The Hall–Kier alpha value is -1.00. The van der Waals surface area contributed by atoms with Gasteiger partial charge in [0.05, 0.1) is 0 Å². The van der Waals surface area contributed by atoms with Crippen LogP contribution in [0.3, 0.4) is 0 Å². The van der Waals surface area contributed by atoms with Gasteiger partial charge in [0.25, 0.3) is 0 Å². The first kappa shape index (κ1) is 14.4. The molecule has 106 valence electrons. The molecule has 1 aromatic rings. The highest BCUT2D eigenvalue weighted by Crippen LogP contribution is 2.26. The third-order valence-electron chi connectivity index (χ3n) is 4.17. The number of nitrogens with one attached hydrogen (secondary N) is 1. The molecule has 0 radical (unpaired) electrons. The van der Waals surface area contributed by atoms with Crippen LogP contribution in [0.15, 0.2) is 18.2 Å². The summed E-state index contributed by atoms with van der Waals surface area (Å²) in [5.41, 5.74) is 0.421. The van der Waals surface area contributed by atoms with Gasteiger partial charge in [-0.2, -0.15) is 0 Å². The van der Waals surface area contributed by atoms with Crippen molar-refractivity contribution < 1.29 is 8.78 Å². The molecule has 4 heteroatoms. The number of hydrogen-bond acceptors (Lipinski definition) is 2. The van der Waals surface area contributed by atoms with E-state index in [9.17, 15) is 8.78 Å². The largest absolute Gasteiger partial charge is 0.313 e. The molecule has 1 aliphatic rings. The minimum atomic E-state index is -0.773. The standard InChI is InChI=1S/C15H22F2N2/c1-18-14(9-10-19(2)11-5-3-6-11)12-7-4-8-13(16)15(12)17/h4,7-8,11,14,18H,3,5-6,9-10H2,1-2H3. The third-order valence-corrected chi connectivity index (χ3v) is 4.17. The lowest BCUT2D eigenvalue weighted by molar-refractivity contribution is 0.153. The summed E-state index contributed by atoms with van der Waals surface area (Å²) in [5.74, 6) is -1.50. The van der Waals surface area contributed by atoms with Gasteiger partial charge in [-0.15, -0.1) is 0 Å². The number of benzene rings is 1. The van der Waals surface area contributed by atoms with Crippen LogP contribution in [0.1, 0.15) is 37.3 Å². The first-order valence-electron chi connectivity index (χ1n) is 6.95. The lowest BCUT2D eigenvalue weighted by Crippen LogP contribution is -2.38. The van der Waals surface area contributed by atoms with E-state index in [2.05, 4.69) is 17.3 Å². The normalized spacial score (nSPS) is 17.5. The van der Waals surface area contributed by atoms with Crippen molar-refractivity contribution in [2.24, 2.45) is 0 Å². The van der Waals surface area contributed by atoms with Crippen LogP contribution >= 0.6 is 0 Å². The molecular weight excluding hydrogens is 246 g/mol. The van der Waals surface area contributed by atoms with Gasteiger partial charge in [-0.05, 0) is 46.0 Å². The second kappa shape index (κ2) is 6.44. The van der Waals surface area contributed by atoms with Gasteiger partial charge in [0.1, 0.15) is 0 Å². The minimum Gasteiger partial charge on any atom is -0.313 e. The van der Waals surface area contributed by atoms with E-state index in [0.717, 1.165) is 19.0 Å². The van der Waals surface area contributed by atoms with Crippen LogP contribution in [0.4, 0.5) is 8.78 Å². The molecule has 0 spiro atoms. The lowest BCUT2D eigenvalue weighted by atomic mass is 9.91. The topological polar surface area (TPSA) is 15.3 Å². The number of rotatable bonds is 6. The highest BCUT2D eigenvalue weighted by molar-refractivity contribution is 5.22. The van der Waals surface area contributed by atoms with Crippen molar-refractivity contribution in [3.05, 3.63) is 35.4 Å². The fraction of sp³-hybridized carbons (Fsp3) is 0.600. The fourth-order valence-electron chi connectivity index (χ4n) is 2.59. The van der Waals surface area contributed by atoms with Crippen molar-refractivity contribution in [3.63, 3.8) is 0 Å². The summed E-state index contributed by atoms with van der Waals surface area (Å²) in [4.78, 5) is 2.32. The predicted molar refractivity (Wildman–Crippen MR) is 73.0 cm³/mol. The number of nitrogens with zero attached hydrogens (tertiary/aromatic N) is 1. The Morgan fingerprint density at radius 1 is 1.37 bits per heavy atom. The van der Waals surface area contributed by atoms with Crippen molar-refractivity contribution >= 4 is 0 Å². The zero-order valence-electron chi connectivity index (χ0n) is 11.6. The summed E-state index contributed by atoms with van der Waals surface area (Å²) in [5, 5.41) is 3.08. The van der Waals surface area contributed by atoms with E-state index in [0.29, 0.717) is 11.6 Å². The summed E-state index contributed by atoms with van der Waals surface area (Å²) in [6.07, 6.45) is 4.61. The van der Waals surface area contributed by atoms with E-state index in [1.54, 1.807) is 19.2 Å². The predicted octanol–water partition coefficient (Wildman–Crippen LogP) is 3.10. The average molecular weight is 268 g/mol. The Morgan fingerprint density at radius 2 is 2.11 bits per heavy atom. The minimum absolute atomic E-state index is 0.141. The summed E-state index contributed by atoms with van der Waals surface area (Å²) in [6, 6.07) is 4.91. The highest BCUT2D eigenvalue weighted by atomic mass is 19.2. The van der Waals surface area contributed by atoms with Gasteiger partial charge in [-0.25, -0.2) is 8.78 Å². The quantitative estimate of drug-likeness (QED) is 0.853. The molecule has 1 unspecified atom stereocenters. The molecule has 2 rings (SSSR count). The van der Waals surface area contributed by atoms with Crippen LogP contribution in [-0.4, -0.2) is 31.6 Å². The van der Waals surface area contributed by atoms with Gasteiger partial charge in [-0.3, -0.25) is 0 Å². The van der Waals surface area contributed by atoms with E-state index in [-0.39, 0.29) is 6.04 Å². The maximum atomic E-state index is 13.8. The molecule has 1 fully saturated rings. The molecule has 0 aromatic heterocycles. The Morgan fingerprint density at radius 3 is 2.68 bits per heavy atom. The van der Waals surface area contributed by atoms with Crippen molar-refractivity contribution in [2.75, 3.05) is 20.6 Å². The van der Waals surface area contributed by atoms with Gasteiger partial charge >= 0.3 is 0 Å². The maximum Gasteiger partial charge on any atom is 0.163 e. The molecule has 0 saturated heterocycles. The van der Waals surface area contributed by atoms with Gasteiger partial charge in [0, 0.05) is 17.6 Å². The van der Waals surface area contributed by atoms with Crippen LogP contribution < -0.4 is 5.32 Å². The summed E-state index contributed by atoms with van der Waals surface area (Å²) in [7, 11) is 3.90. The molecule has 1 N–H and O–H groups in total. The SMILES string of the molecule is CNC(CCN(C)C1CCC1)c1cccc(F)c1F. The van der Waals surface area contributed by atoms with Crippen molar-refractivity contribution in [3.8, 4) is 0 Å². The van der Waals surface area contributed by atoms with Crippen molar-refractivity contribution in [1.82, 2.24) is 10.2 Å². The second-order valence-electron chi connectivity index (χ2n) is 5.34. The molecule has 1 atom stereocenters. The fourth-order valence-corrected chi connectivity index (χ4v) is 2.59. The first-order chi connectivity index (χ1) is 9.13. The van der Waals surface area contributed by atoms with Crippen LogP contribution in [-0.2, 0) is 0 Å². The van der Waals surface area contributed by atoms with Gasteiger partial charge in [0.2, 0.25) is 0 Å². The van der Waals surface area contributed by atoms with Gasteiger partial charge in [-0.1, -0.05) is 18.6 Å². The van der Waals surface area contributed by atoms with Crippen molar-refractivity contribution in [2.45, 2.75) is 37.8 Å². The number of halogens is 2. The Kier molecular flexibility index (Phi) is 4.88. The van der Waals surface area contributed by atoms with E-state index in [1.165, 1.54) is 19.3 Å². The zero-order valence-corrected chi connectivity index (χ0v) is 11.6. The maximum absolute atomic E-state index is 13.8. The molecule has 1 aliphatic carbocycles. The van der Waals surface area contributed by atoms with E-state index >= 15 is 0 Å². The van der Waals surface area contributed by atoms with Crippen LogP contribution in [0, 0.1) is 11.6 Å². The molecule has 1 saturated carbocycles. The highest BCUT2D eigenvalue weighted by Gasteiger charge is 2.23. The van der Waals surface area contributed by atoms with Crippen LogP contribution in [0.25, 0.3) is 0 Å². The van der Waals surface area contributed by atoms with Crippen LogP contribution in [0.5, 0.6) is 0 Å². The van der Waals surface area contributed by atoms with Crippen molar-refractivity contribution in [1.29, 1.82) is 0 Å². The Bertz CT molecular complexity index is 419. The zero-order chi connectivity index (χ0) is 13.8. The molecule has 0 amide bonds. The van der Waals surface area contributed by atoms with Gasteiger partial charge in [0.15, 0.2) is 11.6 Å². The smallest absolute Gasteiger partial charge is 0.163 e. The average Bonchev–Trinajstić information content (AvgIpc) is 2.32. The Labute approximate surface area is 113 Å². The summed E-state index contributed by atoms with van der Waals surface area (Å²) < 4.78 is 27.0. The first-order valence-corrected chi connectivity index (χ1v) is 6.95. The molecular formula is C15H22F2N2. The third kappa shape index (κ3) is 3.31. The molecule has 2 nitrogen and oxygen atoms in total. The molecule has 0 heterocycles. The monoisotopic (exact) mass is 268 g/mol. The van der Waals surface area contributed by atoms with E-state index in [4.69, 9.17) is 0 Å². The van der Waals surface area contributed by atoms with Gasteiger partial charge < -0.3 is 10.2 Å². The summed E-state index contributed by atoms with van der Waals surface area (Å²) in [6.45, 7) is 0.895. The van der Waals surface area contributed by atoms with Crippen LogP contribution in [0.2, 0.25) is 0 Å². The summed E-state index contributed by atoms with van der Waals surface area (Å²) >= 11 is 0. The van der Waals surface area contributed by atoms with E-state index < -0.39 is 11.6 Å². The second-order valence-corrected chi connectivity index (χ2v) is 5.34. The molecule has 1 aromatic carbocycles. The Balaban J connectivity index is 1.97.